The van der Waals surface area contributed by atoms with Crippen LogP contribution in [0.4, 0.5) is 10.5 Å². The number of likely N-dealkylation sites (tertiary alicyclic amines) is 1. The zero-order chi connectivity index (χ0) is 15.6. The van der Waals surface area contributed by atoms with Gasteiger partial charge in [0.15, 0.2) is 0 Å². The second-order valence-electron chi connectivity index (χ2n) is 4.74. The van der Waals surface area contributed by atoms with E-state index < -0.39 is 23.8 Å². The zero-order valence-corrected chi connectivity index (χ0v) is 11.3. The van der Waals surface area contributed by atoms with Crippen molar-refractivity contribution >= 4 is 23.6 Å². The summed E-state index contributed by atoms with van der Waals surface area (Å²) in [6, 6.07) is 2.51. The van der Waals surface area contributed by atoms with Crippen molar-refractivity contribution in [2.24, 2.45) is 0 Å². The van der Waals surface area contributed by atoms with Gasteiger partial charge in [-0.15, -0.1) is 0 Å². The molecule has 0 radical (unpaired) electrons. The highest BCUT2D eigenvalue weighted by atomic mass is 16.4. The molecular formula is C13H15N3O5. The highest BCUT2D eigenvalue weighted by Crippen LogP contribution is 2.22. The Balaban J connectivity index is 1.98. The average molecular weight is 293 g/mol. The molecule has 3 amide bonds. The minimum atomic E-state index is -1.26. The quantitative estimate of drug-likeness (QED) is 0.645. The fourth-order valence-electron chi connectivity index (χ4n) is 2.07. The van der Waals surface area contributed by atoms with Crippen LogP contribution in [0.15, 0.2) is 18.2 Å². The number of nitrogens with zero attached hydrogens (tertiary/aromatic N) is 1. The first-order valence-corrected chi connectivity index (χ1v) is 6.27. The Morgan fingerprint density at radius 1 is 1.38 bits per heavy atom. The number of aromatic carboxylic acids is 1. The van der Waals surface area contributed by atoms with Gasteiger partial charge in [-0.25, -0.2) is 9.59 Å². The van der Waals surface area contributed by atoms with Crippen LogP contribution in [0.5, 0.6) is 5.75 Å². The van der Waals surface area contributed by atoms with Crippen molar-refractivity contribution in [3.63, 3.8) is 0 Å². The number of phenols is 1. The first-order chi connectivity index (χ1) is 9.88. The van der Waals surface area contributed by atoms with E-state index in [9.17, 15) is 19.5 Å². The largest absolute Gasteiger partial charge is 0.507 e. The van der Waals surface area contributed by atoms with Crippen LogP contribution in [-0.4, -0.2) is 52.7 Å². The number of anilines is 1. The molecule has 21 heavy (non-hydrogen) atoms. The minimum absolute atomic E-state index is 0.158. The van der Waals surface area contributed by atoms with E-state index in [-0.39, 0.29) is 17.2 Å². The van der Waals surface area contributed by atoms with Crippen LogP contribution in [0.25, 0.3) is 0 Å². The Morgan fingerprint density at radius 2 is 2.10 bits per heavy atom. The van der Waals surface area contributed by atoms with Crippen LogP contribution >= 0.6 is 0 Å². The summed E-state index contributed by atoms with van der Waals surface area (Å²) >= 11 is 0. The zero-order valence-electron chi connectivity index (χ0n) is 11.3. The van der Waals surface area contributed by atoms with E-state index in [1.165, 1.54) is 17.0 Å². The van der Waals surface area contributed by atoms with Crippen molar-refractivity contribution in [2.45, 2.75) is 12.5 Å². The average Bonchev–Trinajstić information content (AvgIpc) is 2.70. The lowest BCUT2D eigenvalue weighted by molar-refractivity contribution is -0.128. The Labute approximate surface area is 120 Å². The number of carboxylic acids is 1. The number of carbonyl (C=O) groups excluding carboxylic acids is 2. The molecule has 2 rings (SSSR count). The number of urea groups is 1. The summed E-state index contributed by atoms with van der Waals surface area (Å²) in [4.78, 5) is 35.7. The summed E-state index contributed by atoms with van der Waals surface area (Å²) in [5.74, 6) is -1.87. The Kier molecular flexibility index (Phi) is 3.97. The van der Waals surface area contributed by atoms with Crippen molar-refractivity contribution in [2.75, 3.05) is 18.9 Å². The van der Waals surface area contributed by atoms with Crippen molar-refractivity contribution in [1.29, 1.82) is 0 Å². The van der Waals surface area contributed by atoms with Crippen LogP contribution in [0, 0.1) is 0 Å². The second kappa shape index (κ2) is 5.70. The van der Waals surface area contributed by atoms with E-state index in [0.717, 1.165) is 6.07 Å². The molecule has 1 unspecified atom stereocenters. The molecule has 8 heteroatoms. The topological polar surface area (TPSA) is 119 Å². The summed E-state index contributed by atoms with van der Waals surface area (Å²) in [6.07, 6.45) is 0.534. The summed E-state index contributed by atoms with van der Waals surface area (Å²) in [7, 11) is 1.66. The fraction of sp³-hybridized carbons (Fsp3) is 0.308. The van der Waals surface area contributed by atoms with E-state index in [4.69, 9.17) is 5.11 Å². The molecule has 1 fully saturated rings. The molecule has 0 spiro atoms. The van der Waals surface area contributed by atoms with Gasteiger partial charge in [-0.1, -0.05) is 0 Å². The van der Waals surface area contributed by atoms with Gasteiger partial charge in [-0.2, -0.15) is 0 Å². The van der Waals surface area contributed by atoms with Crippen molar-refractivity contribution in [3.05, 3.63) is 23.8 Å². The third kappa shape index (κ3) is 3.22. The number of rotatable bonds is 3. The number of carbonyl (C=O) groups is 3. The number of benzene rings is 1. The standard InChI is InChI=1S/C13H15N3O5/c1-16-5-4-9(11(16)18)15-13(21)14-7-2-3-8(12(19)20)10(17)6-7/h2-3,6,9,17H,4-5H2,1H3,(H,19,20)(H2,14,15,21). The highest BCUT2D eigenvalue weighted by molar-refractivity contribution is 5.96. The van der Waals surface area contributed by atoms with Gasteiger partial charge >= 0.3 is 12.0 Å². The van der Waals surface area contributed by atoms with Gasteiger partial charge in [0.1, 0.15) is 17.4 Å². The van der Waals surface area contributed by atoms with E-state index in [0.29, 0.717) is 13.0 Å². The molecule has 0 aromatic heterocycles. The predicted octanol–water partition coefficient (Wildman–Crippen LogP) is 0.443. The minimum Gasteiger partial charge on any atom is -0.507 e. The lowest BCUT2D eigenvalue weighted by atomic mass is 10.2. The fourth-order valence-corrected chi connectivity index (χ4v) is 2.07. The second-order valence-corrected chi connectivity index (χ2v) is 4.74. The normalized spacial score (nSPS) is 17.7. The number of likely N-dealkylation sites (N-methyl/N-ethyl adjacent to an activating group) is 1. The molecule has 1 aliphatic heterocycles. The number of carboxylic acid groups (broad SMARTS) is 1. The molecule has 0 bridgehead atoms. The number of amides is 3. The third-order valence-corrected chi connectivity index (χ3v) is 3.22. The maximum Gasteiger partial charge on any atom is 0.339 e. The van der Waals surface area contributed by atoms with Gasteiger partial charge in [0.25, 0.3) is 0 Å². The van der Waals surface area contributed by atoms with Crippen molar-refractivity contribution < 1.29 is 24.6 Å². The van der Waals surface area contributed by atoms with Gasteiger partial charge in [0, 0.05) is 25.3 Å². The Bertz CT molecular complexity index is 601. The monoisotopic (exact) mass is 293 g/mol. The molecule has 112 valence electrons. The molecule has 1 saturated heterocycles. The van der Waals surface area contributed by atoms with E-state index >= 15 is 0 Å². The highest BCUT2D eigenvalue weighted by Gasteiger charge is 2.30. The molecule has 1 atom stereocenters. The number of aromatic hydroxyl groups is 1. The molecule has 1 aliphatic rings. The molecular weight excluding hydrogens is 278 g/mol. The van der Waals surface area contributed by atoms with Crippen LogP contribution in [0.1, 0.15) is 16.8 Å². The lowest BCUT2D eigenvalue weighted by Crippen LogP contribution is -2.42. The number of hydrogen-bond acceptors (Lipinski definition) is 4. The molecule has 0 saturated carbocycles. The van der Waals surface area contributed by atoms with Crippen LogP contribution in [0.2, 0.25) is 0 Å². The van der Waals surface area contributed by atoms with Gasteiger partial charge < -0.3 is 25.7 Å². The van der Waals surface area contributed by atoms with E-state index in [1.54, 1.807) is 7.05 Å². The molecule has 0 aliphatic carbocycles. The molecule has 8 nitrogen and oxygen atoms in total. The summed E-state index contributed by atoms with van der Waals surface area (Å²) in [5, 5.41) is 23.3. The molecule has 1 aromatic rings. The van der Waals surface area contributed by atoms with Crippen LogP contribution < -0.4 is 10.6 Å². The van der Waals surface area contributed by atoms with Gasteiger partial charge in [-0.3, -0.25) is 4.79 Å². The van der Waals surface area contributed by atoms with Crippen molar-refractivity contribution in [3.8, 4) is 5.75 Å². The lowest BCUT2D eigenvalue weighted by Gasteiger charge is -2.13. The Hall–Kier alpha value is -2.77. The first kappa shape index (κ1) is 14.6. The van der Waals surface area contributed by atoms with Crippen LogP contribution in [-0.2, 0) is 4.79 Å². The maximum absolute atomic E-state index is 11.8. The SMILES string of the molecule is CN1CCC(NC(=O)Nc2ccc(C(=O)O)c(O)c2)C1=O. The molecule has 4 N–H and O–H groups in total. The summed E-state index contributed by atoms with van der Waals surface area (Å²) in [6.45, 7) is 0.581. The van der Waals surface area contributed by atoms with Crippen LogP contribution in [0.3, 0.4) is 0 Å². The Morgan fingerprint density at radius 3 is 2.62 bits per heavy atom. The summed E-state index contributed by atoms with van der Waals surface area (Å²) in [5.41, 5.74) is -0.0256. The summed E-state index contributed by atoms with van der Waals surface area (Å²) < 4.78 is 0. The molecule has 1 aromatic carbocycles. The van der Waals surface area contributed by atoms with Gasteiger partial charge in [0.2, 0.25) is 5.91 Å². The van der Waals surface area contributed by atoms with Gasteiger partial charge in [-0.05, 0) is 18.6 Å². The van der Waals surface area contributed by atoms with E-state index in [2.05, 4.69) is 10.6 Å². The number of nitrogens with one attached hydrogen (secondary N) is 2. The third-order valence-electron chi connectivity index (χ3n) is 3.22. The van der Waals surface area contributed by atoms with Crippen molar-refractivity contribution in [1.82, 2.24) is 10.2 Å². The predicted molar refractivity (Wildman–Crippen MR) is 73.3 cm³/mol. The smallest absolute Gasteiger partial charge is 0.339 e. The first-order valence-electron chi connectivity index (χ1n) is 6.27. The number of hydrogen-bond donors (Lipinski definition) is 4. The van der Waals surface area contributed by atoms with Gasteiger partial charge in [0.05, 0.1) is 0 Å². The molecule has 1 heterocycles. The van der Waals surface area contributed by atoms with E-state index in [1.807, 2.05) is 0 Å². The maximum atomic E-state index is 11.8.